The molecule has 0 aromatic heterocycles. The molecule has 1 fully saturated rings. The van der Waals surface area contributed by atoms with Gasteiger partial charge in [-0.05, 0) is 39.0 Å². The van der Waals surface area contributed by atoms with E-state index in [1.54, 1.807) is 0 Å². The van der Waals surface area contributed by atoms with Gasteiger partial charge < -0.3 is 0 Å². The minimum absolute atomic E-state index is 0. The van der Waals surface area contributed by atoms with E-state index >= 15 is 0 Å². The second-order valence-electron chi connectivity index (χ2n) is 16.2. The van der Waals surface area contributed by atoms with Gasteiger partial charge >= 0.3 is 37.9 Å². The van der Waals surface area contributed by atoms with Crippen LogP contribution in [0.2, 0.25) is 0 Å². The summed E-state index contributed by atoms with van der Waals surface area (Å²) in [6.07, 6.45) is 7.44. The zero-order valence-corrected chi connectivity index (χ0v) is 37.2. The first-order valence-corrected chi connectivity index (χ1v) is 24.5. The second-order valence-corrected chi connectivity index (χ2v) is 19.9. The van der Waals surface area contributed by atoms with E-state index in [1.807, 2.05) is 0 Å². The molecular formula is C47H56Cl2SiZr. The van der Waals surface area contributed by atoms with Crippen LogP contribution < -0.4 is 0 Å². The Hall–Kier alpha value is -2.22. The van der Waals surface area contributed by atoms with Gasteiger partial charge in [-0.25, -0.2) is 0 Å². The second kappa shape index (κ2) is 19.7. The Kier molecular flexibility index (Phi) is 16.7. The van der Waals surface area contributed by atoms with E-state index in [4.69, 9.17) is 17.0 Å². The van der Waals surface area contributed by atoms with Crippen molar-refractivity contribution in [1.29, 1.82) is 0 Å². The first kappa shape index (κ1) is 43.2. The summed E-state index contributed by atoms with van der Waals surface area (Å²) < 4.78 is 0. The molecule has 266 valence electrons. The molecule has 4 heteroatoms. The molecule has 0 amide bonds. The topological polar surface area (TPSA) is 0 Å². The van der Waals surface area contributed by atoms with Crippen LogP contribution in [0.3, 0.4) is 0 Å². The van der Waals surface area contributed by atoms with Crippen LogP contribution >= 0.6 is 17.0 Å². The van der Waals surface area contributed by atoms with Crippen molar-refractivity contribution in [3.8, 4) is 22.3 Å². The monoisotopic (exact) mass is 808 g/mol. The maximum Gasteiger partial charge on any atom is 0 e. The maximum atomic E-state index is 4.93. The Morgan fingerprint density at radius 3 is 1.22 bits per heavy atom. The zero-order chi connectivity index (χ0) is 36.5. The van der Waals surface area contributed by atoms with Crippen molar-refractivity contribution in [3.05, 3.63) is 131 Å². The van der Waals surface area contributed by atoms with Gasteiger partial charge in [-0.1, -0.05) is 166 Å². The molecular weight excluding hydrogens is 755 g/mol. The zero-order valence-electron chi connectivity index (χ0n) is 32.3. The molecule has 0 spiro atoms. The van der Waals surface area contributed by atoms with E-state index < -0.39 is 20.8 Å². The van der Waals surface area contributed by atoms with Crippen LogP contribution in [0.25, 0.3) is 43.8 Å². The summed E-state index contributed by atoms with van der Waals surface area (Å²) in [5, 5.41) is 5.38. The molecule has 6 aromatic carbocycles. The van der Waals surface area contributed by atoms with E-state index in [2.05, 4.69) is 172 Å². The van der Waals surface area contributed by atoms with Crippen LogP contribution in [-0.4, -0.2) is 11.0 Å². The molecule has 0 atom stereocenters. The van der Waals surface area contributed by atoms with Crippen molar-refractivity contribution < 1.29 is 20.8 Å². The summed E-state index contributed by atoms with van der Waals surface area (Å²) in [5.41, 5.74) is 11.1. The Balaban J connectivity index is 0.000000215. The third-order valence-corrected chi connectivity index (χ3v) is 9.81. The molecule has 1 aliphatic rings. The van der Waals surface area contributed by atoms with E-state index in [-0.39, 0.29) is 21.8 Å². The number of fused-ring (bicyclic) bond motifs is 2. The van der Waals surface area contributed by atoms with Crippen molar-refractivity contribution >= 4 is 49.5 Å². The Labute approximate surface area is 332 Å². The van der Waals surface area contributed by atoms with Crippen molar-refractivity contribution in [1.82, 2.24) is 0 Å². The van der Waals surface area contributed by atoms with Gasteiger partial charge in [0.25, 0.3) is 0 Å². The van der Waals surface area contributed by atoms with Crippen LogP contribution in [0.4, 0.5) is 0 Å². The molecule has 0 nitrogen and oxygen atoms in total. The van der Waals surface area contributed by atoms with E-state index in [9.17, 15) is 0 Å². The average Bonchev–Trinajstić information content (AvgIpc) is 3.66. The fraction of sp³-hybridized carbons (Fsp3) is 0.362. The summed E-state index contributed by atoms with van der Waals surface area (Å²) in [5.74, 6) is 1.04. The molecule has 0 unspecified atom stereocenters. The van der Waals surface area contributed by atoms with Gasteiger partial charge in [0.05, 0.1) is 0 Å². The summed E-state index contributed by atoms with van der Waals surface area (Å²) in [4.78, 5) is 0. The van der Waals surface area contributed by atoms with Crippen LogP contribution in [0.15, 0.2) is 109 Å². The molecule has 0 N–H and O–H groups in total. The third kappa shape index (κ3) is 12.4. The van der Waals surface area contributed by atoms with Crippen molar-refractivity contribution in [2.24, 2.45) is 5.92 Å². The molecule has 51 heavy (non-hydrogen) atoms. The smallest absolute Gasteiger partial charge is 0 e. The van der Waals surface area contributed by atoms with Crippen LogP contribution in [0.5, 0.6) is 0 Å². The van der Waals surface area contributed by atoms with E-state index in [1.165, 1.54) is 98.2 Å². The molecule has 7 rings (SSSR count). The molecule has 0 aliphatic heterocycles. The Morgan fingerprint density at radius 2 is 0.922 bits per heavy atom. The largest absolute Gasteiger partial charge is 0 e. The van der Waals surface area contributed by atoms with Gasteiger partial charge in [0, 0.05) is 11.0 Å². The van der Waals surface area contributed by atoms with Crippen molar-refractivity contribution in [2.75, 3.05) is 0 Å². The van der Waals surface area contributed by atoms with Crippen molar-refractivity contribution in [2.45, 2.75) is 105 Å². The average molecular weight is 811 g/mol. The van der Waals surface area contributed by atoms with Gasteiger partial charge in [-0.15, -0.1) is 69.1 Å². The number of rotatable bonds is 2. The van der Waals surface area contributed by atoms with Crippen LogP contribution in [0.1, 0.15) is 103 Å². The van der Waals surface area contributed by atoms with Gasteiger partial charge in [0.15, 0.2) is 0 Å². The van der Waals surface area contributed by atoms with Crippen LogP contribution in [-0.2, 0) is 31.7 Å². The molecule has 4 radical (unpaired) electrons. The molecule has 6 aromatic rings. The standard InChI is InChI=1S/2C20H21.C7H14.2ClH.Si.Zr/c2*1-14-12-16-6-5-7-18(19(16)13-14)15-8-10-17(11-9-15)20(2,3)4;1-7-5-3-2-4-6-7;;;;/h2*5-13H,1-4H3;7H,2-6H2,1H3;2*1H;;/q2*-1;;;;;+4/p-2. The quantitative estimate of drug-likeness (QED) is 0.121. The fourth-order valence-electron chi connectivity index (χ4n) is 6.88. The Bertz CT molecular complexity index is 1780. The number of benzene rings is 4. The molecule has 0 saturated heterocycles. The first-order chi connectivity index (χ1) is 23.7. The number of hydrogen-bond donors (Lipinski definition) is 0. The third-order valence-electron chi connectivity index (χ3n) is 9.81. The predicted molar refractivity (Wildman–Crippen MR) is 227 cm³/mol. The minimum Gasteiger partial charge on any atom is 0 e. The van der Waals surface area contributed by atoms with Gasteiger partial charge in [0.1, 0.15) is 0 Å². The summed E-state index contributed by atoms with van der Waals surface area (Å²) in [6.45, 7) is 20.2. The number of hydrogen-bond acceptors (Lipinski definition) is 0. The molecule has 1 saturated carbocycles. The van der Waals surface area contributed by atoms with E-state index in [0.717, 1.165) is 5.92 Å². The van der Waals surface area contributed by atoms with Gasteiger partial charge in [-0.2, -0.15) is 12.1 Å². The summed E-state index contributed by atoms with van der Waals surface area (Å²) in [7, 11) is 9.87. The summed E-state index contributed by atoms with van der Waals surface area (Å²) >= 11 is -0.826. The number of halogens is 2. The minimum atomic E-state index is -0.826. The van der Waals surface area contributed by atoms with E-state index in [0.29, 0.717) is 0 Å². The normalized spacial score (nSPS) is 13.1. The predicted octanol–water partition coefficient (Wildman–Crippen LogP) is 15.2. The SMILES string of the molecule is CC1CCCCC1.Cc1cc2c(-c3ccc(C(C)(C)C)cc3)cccc2[cH-]1.Cc1cc2c(-c3ccc(C(C)(C)C)cc3)cccc2[cH-]1.[Cl][Zr+2][Cl].[Si]. The van der Waals surface area contributed by atoms with Gasteiger partial charge in [-0.3, -0.25) is 0 Å². The van der Waals surface area contributed by atoms with Gasteiger partial charge in [0.2, 0.25) is 0 Å². The molecule has 0 bridgehead atoms. The first-order valence-electron chi connectivity index (χ1n) is 18.2. The summed E-state index contributed by atoms with van der Waals surface area (Å²) in [6, 6.07) is 40.2. The fourth-order valence-corrected chi connectivity index (χ4v) is 6.88. The number of aryl methyl sites for hydroxylation is 2. The molecule has 1 aliphatic carbocycles. The van der Waals surface area contributed by atoms with Crippen molar-refractivity contribution in [3.63, 3.8) is 0 Å². The maximum absolute atomic E-state index is 4.93. The Morgan fingerprint density at radius 1 is 0.569 bits per heavy atom. The molecule has 0 heterocycles. The van der Waals surface area contributed by atoms with Crippen LogP contribution in [0, 0.1) is 19.8 Å².